The molecule has 0 radical (unpaired) electrons. The van der Waals surface area contributed by atoms with Gasteiger partial charge in [0.2, 0.25) is 0 Å². The number of aliphatic imine (C=N–C) groups is 1. The Kier molecular flexibility index (Phi) is 4.80. The molecule has 0 saturated carbocycles. The van der Waals surface area contributed by atoms with Crippen LogP contribution in [0.25, 0.3) is 17.0 Å². The van der Waals surface area contributed by atoms with Gasteiger partial charge in [0.05, 0.1) is 22.9 Å². The molecule has 29 heavy (non-hydrogen) atoms. The van der Waals surface area contributed by atoms with E-state index < -0.39 is 0 Å². The summed E-state index contributed by atoms with van der Waals surface area (Å²) in [6.07, 6.45) is 9.11. The Hall–Kier alpha value is -3.97. The summed E-state index contributed by atoms with van der Waals surface area (Å²) in [4.78, 5) is 23.8. The number of amidine groups is 1. The summed E-state index contributed by atoms with van der Waals surface area (Å²) in [6, 6.07) is 18.9. The van der Waals surface area contributed by atoms with Gasteiger partial charge in [0.1, 0.15) is 5.84 Å². The van der Waals surface area contributed by atoms with Crippen molar-refractivity contribution < 1.29 is 4.79 Å². The third-order valence-corrected chi connectivity index (χ3v) is 4.85. The van der Waals surface area contributed by atoms with Crippen molar-refractivity contribution in [3.63, 3.8) is 0 Å². The SMILES string of the molecule is C#Cc1ccc(N2C(=O)C(=C)C(C)N=C2C=Cc2ccc3ccccc3n2)cc1. The summed E-state index contributed by atoms with van der Waals surface area (Å²) in [7, 11) is 0. The molecule has 140 valence electrons. The lowest BCUT2D eigenvalue weighted by molar-refractivity contribution is -0.114. The minimum Gasteiger partial charge on any atom is -0.269 e. The summed E-state index contributed by atoms with van der Waals surface area (Å²) >= 11 is 0. The van der Waals surface area contributed by atoms with Crippen LogP contribution >= 0.6 is 0 Å². The second kappa shape index (κ2) is 7.57. The van der Waals surface area contributed by atoms with Gasteiger partial charge in [-0.2, -0.15) is 0 Å². The molecule has 0 spiro atoms. The highest BCUT2D eigenvalue weighted by Gasteiger charge is 2.30. The van der Waals surface area contributed by atoms with Crippen molar-refractivity contribution in [3.8, 4) is 12.3 Å². The van der Waals surface area contributed by atoms with E-state index in [1.807, 2.05) is 67.6 Å². The normalized spacial score (nSPS) is 16.9. The molecular weight excluding hydrogens is 358 g/mol. The van der Waals surface area contributed by atoms with Crippen molar-refractivity contribution in [2.24, 2.45) is 4.99 Å². The van der Waals surface area contributed by atoms with Gasteiger partial charge < -0.3 is 0 Å². The number of pyridine rings is 1. The van der Waals surface area contributed by atoms with Crippen LogP contribution in [-0.4, -0.2) is 22.8 Å². The molecule has 1 aliphatic rings. The van der Waals surface area contributed by atoms with Crippen LogP contribution in [0.15, 0.2) is 83.9 Å². The first kappa shape index (κ1) is 18.4. The molecule has 4 heteroatoms. The second-order valence-corrected chi connectivity index (χ2v) is 6.78. The van der Waals surface area contributed by atoms with Crippen LogP contribution in [0.5, 0.6) is 0 Å². The van der Waals surface area contributed by atoms with E-state index in [1.165, 1.54) is 0 Å². The lowest BCUT2D eigenvalue weighted by atomic mass is 10.1. The van der Waals surface area contributed by atoms with E-state index in [2.05, 4.69) is 22.5 Å². The van der Waals surface area contributed by atoms with Gasteiger partial charge >= 0.3 is 0 Å². The number of fused-ring (bicyclic) bond motifs is 1. The molecular formula is C25H19N3O. The van der Waals surface area contributed by atoms with Crippen LogP contribution < -0.4 is 4.90 Å². The molecule has 1 amide bonds. The molecule has 1 unspecified atom stereocenters. The Morgan fingerprint density at radius 2 is 1.83 bits per heavy atom. The van der Waals surface area contributed by atoms with Gasteiger partial charge in [-0.1, -0.05) is 36.8 Å². The van der Waals surface area contributed by atoms with E-state index in [4.69, 9.17) is 6.42 Å². The molecule has 1 aliphatic heterocycles. The van der Waals surface area contributed by atoms with Gasteiger partial charge in [0.25, 0.3) is 5.91 Å². The highest BCUT2D eigenvalue weighted by atomic mass is 16.2. The van der Waals surface area contributed by atoms with Gasteiger partial charge in [-0.05, 0) is 55.5 Å². The first-order chi connectivity index (χ1) is 14.1. The lowest BCUT2D eigenvalue weighted by Gasteiger charge is -2.30. The van der Waals surface area contributed by atoms with Crippen molar-refractivity contribution in [2.45, 2.75) is 13.0 Å². The fourth-order valence-electron chi connectivity index (χ4n) is 3.17. The van der Waals surface area contributed by atoms with Crippen molar-refractivity contribution in [3.05, 3.63) is 90.1 Å². The fourth-order valence-corrected chi connectivity index (χ4v) is 3.17. The van der Waals surface area contributed by atoms with Crippen LogP contribution in [0.3, 0.4) is 0 Å². The summed E-state index contributed by atoms with van der Waals surface area (Å²) < 4.78 is 0. The topological polar surface area (TPSA) is 45.6 Å². The van der Waals surface area contributed by atoms with E-state index in [0.717, 1.165) is 22.2 Å². The number of terminal acetylenes is 1. The minimum absolute atomic E-state index is 0.174. The summed E-state index contributed by atoms with van der Waals surface area (Å²) in [5.74, 6) is 2.95. The standard InChI is InChI=1S/C25H19N3O/c1-4-19-9-14-22(15-10-19)28-24(26-18(3)17(2)25(28)29)16-13-21-12-11-20-7-5-6-8-23(20)27-21/h1,5-16,18H,2H2,3H3. The zero-order valence-corrected chi connectivity index (χ0v) is 16.0. The van der Waals surface area contributed by atoms with Crippen LogP contribution in [-0.2, 0) is 4.79 Å². The molecule has 0 aliphatic carbocycles. The van der Waals surface area contributed by atoms with E-state index in [-0.39, 0.29) is 11.9 Å². The molecule has 0 bridgehead atoms. The summed E-state index contributed by atoms with van der Waals surface area (Å²) in [6.45, 7) is 5.77. The van der Waals surface area contributed by atoms with Crippen LogP contribution in [0.2, 0.25) is 0 Å². The van der Waals surface area contributed by atoms with Crippen LogP contribution in [0, 0.1) is 12.3 Å². The van der Waals surface area contributed by atoms with Gasteiger partial charge in [-0.15, -0.1) is 6.42 Å². The van der Waals surface area contributed by atoms with Gasteiger partial charge in [0, 0.05) is 16.5 Å². The van der Waals surface area contributed by atoms with Crippen molar-refractivity contribution >= 4 is 34.4 Å². The number of hydrogen-bond acceptors (Lipinski definition) is 3. The predicted molar refractivity (Wildman–Crippen MR) is 119 cm³/mol. The molecule has 1 aromatic heterocycles. The van der Waals surface area contributed by atoms with Gasteiger partial charge in [0.15, 0.2) is 0 Å². The number of hydrogen-bond donors (Lipinski definition) is 0. The molecule has 3 aromatic rings. The molecule has 0 saturated heterocycles. The fraction of sp³-hybridized carbons (Fsp3) is 0.0800. The van der Waals surface area contributed by atoms with Gasteiger partial charge in [-0.3, -0.25) is 14.7 Å². The maximum Gasteiger partial charge on any atom is 0.261 e. The summed E-state index contributed by atoms with van der Waals surface area (Å²) in [5.41, 5.74) is 3.60. The number of rotatable bonds is 3. The number of benzene rings is 2. The van der Waals surface area contributed by atoms with Crippen LogP contribution in [0.1, 0.15) is 18.2 Å². The molecule has 2 heterocycles. The van der Waals surface area contributed by atoms with E-state index in [9.17, 15) is 4.79 Å². The number of aromatic nitrogens is 1. The monoisotopic (exact) mass is 377 g/mol. The van der Waals surface area contributed by atoms with Crippen molar-refractivity contribution in [2.75, 3.05) is 4.90 Å². The average Bonchev–Trinajstić information content (AvgIpc) is 2.76. The van der Waals surface area contributed by atoms with Crippen molar-refractivity contribution in [1.29, 1.82) is 0 Å². The number of para-hydroxylation sites is 1. The first-order valence-corrected chi connectivity index (χ1v) is 9.28. The van der Waals surface area contributed by atoms with E-state index >= 15 is 0 Å². The molecule has 2 aromatic carbocycles. The zero-order valence-electron chi connectivity index (χ0n) is 16.0. The highest BCUT2D eigenvalue weighted by Crippen LogP contribution is 2.25. The highest BCUT2D eigenvalue weighted by molar-refractivity contribution is 6.28. The lowest BCUT2D eigenvalue weighted by Crippen LogP contribution is -2.43. The van der Waals surface area contributed by atoms with E-state index in [0.29, 0.717) is 17.1 Å². The smallest absolute Gasteiger partial charge is 0.261 e. The number of carbonyl (C=O) groups excluding carboxylic acids is 1. The largest absolute Gasteiger partial charge is 0.269 e. The predicted octanol–water partition coefficient (Wildman–Crippen LogP) is 4.62. The Morgan fingerprint density at radius 1 is 1.07 bits per heavy atom. The maximum atomic E-state index is 12.9. The Labute approximate surface area is 169 Å². The molecule has 0 fully saturated rings. The second-order valence-electron chi connectivity index (χ2n) is 6.78. The number of anilines is 1. The maximum absolute atomic E-state index is 12.9. The molecule has 4 rings (SSSR count). The average molecular weight is 377 g/mol. The number of carbonyl (C=O) groups is 1. The third-order valence-electron chi connectivity index (χ3n) is 4.85. The Balaban J connectivity index is 1.72. The summed E-state index contributed by atoms with van der Waals surface area (Å²) in [5, 5.41) is 1.08. The quantitative estimate of drug-likeness (QED) is 0.494. The Morgan fingerprint density at radius 3 is 2.59 bits per heavy atom. The number of nitrogens with zero attached hydrogens (tertiary/aromatic N) is 3. The zero-order chi connectivity index (χ0) is 20.4. The Bertz CT molecular complexity index is 1210. The molecule has 4 nitrogen and oxygen atoms in total. The third kappa shape index (κ3) is 3.59. The van der Waals surface area contributed by atoms with Crippen LogP contribution in [0.4, 0.5) is 5.69 Å². The van der Waals surface area contributed by atoms with Gasteiger partial charge in [-0.25, -0.2) is 4.98 Å². The molecule has 0 N–H and O–H groups in total. The van der Waals surface area contributed by atoms with E-state index in [1.54, 1.807) is 17.0 Å². The van der Waals surface area contributed by atoms with Crippen molar-refractivity contribution in [1.82, 2.24) is 4.98 Å². The first-order valence-electron chi connectivity index (χ1n) is 9.28. The minimum atomic E-state index is -0.284. The number of amides is 1. The molecule has 1 atom stereocenters.